The summed E-state index contributed by atoms with van der Waals surface area (Å²) in [6, 6.07) is 0. The summed E-state index contributed by atoms with van der Waals surface area (Å²) in [7, 11) is 2.17. The van der Waals surface area contributed by atoms with E-state index in [1.807, 2.05) is 11.2 Å². The number of thiophene rings is 1. The lowest BCUT2D eigenvalue weighted by Gasteiger charge is -2.30. The van der Waals surface area contributed by atoms with Crippen LogP contribution in [0.2, 0.25) is 0 Å². The number of hydrogen-bond acceptors (Lipinski definition) is 7. The number of piperidine rings is 1. The molecule has 2 aromatic heterocycles. The molecule has 0 atom stereocenters. The standard InChI is InChI=1S/C19H26N4OS3/c1-12-4-8-23(9-5-12)15(24)11-26-17-16-13-6-7-22(2)10-14(13)27-18(16)21-19(20-17)25-3/h12H,4-11H2,1-3H3. The van der Waals surface area contributed by atoms with Gasteiger partial charge in [0.05, 0.1) is 5.75 Å². The number of amides is 1. The van der Waals surface area contributed by atoms with Crippen LogP contribution in [0.5, 0.6) is 0 Å². The monoisotopic (exact) mass is 422 g/mol. The molecule has 8 heteroatoms. The minimum atomic E-state index is 0.244. The maximum absolute atomic E-state index is 12.7. The number of likely N-dealkylation sites (tertiary alicyclic amines) is 1. The lowest BCUT2D eigenvalue weighted by atomic mass is 9.99. The molecule has 4 rings (SSSR count). The second kappa shape index (κ2) is 8.27. The summed E-state index contributed by atoms with van der Waals surface area (Å²) in [4.78, 5) is 29.1. The van der Waals surface area contributed by atoms with E-state index < -0.39 is 0 Å². The molecule has 0 radical (unpaired) electrons. The van der Waals surface area contributed by atoms with Crippen LogP contribution in [0.15, 0.2) is 10.2 Å². The summed E-state index contributed by atoms with van der Waals surface area (Å²) in [5.41, 5.74) is 1.41. The van der Waals surface area contributed by atoms with E-state index in [0.29, 0.717) is 5.75 Å². The van der Waals surface area contributed by atoms with Gasteiger partial charge in [-0.3, -0.25) is 4.79 Å². The molecule has 4 heterocycles. The van der Waals surface area contributed by atoms with Crippen LogP contribution in [0, 0.1) is 5.92 Å². The van der Waals surface area contributed by atoms with E-state index in [2.05, 4.69) is 18.9 Å². The van der Waals surface area contributed by atoms with Gasteiger partial charge in [0.25, 0.3) is 0 Å². The molecular weight excluding hydrogens is 396 g/mol. The normalized spacial score (nSPS) is 18.9. The fourth-order valence-electron chi connectivity index (χ4n) is 3.75. The summed E-state index contributed by atoms with van der Waals surface area (Å²) in [5.74, 6) is 1.45. The molecule has 0 saturated carbocycles. The lowest BCUT2D eigenvalue weighted by molar-refractivity contribution is -0.129. The summed E-state index contributed by atoms with van der Waals surface area (Å²) < 4.78 is 0. The zero-order valence-corrected chi connectivity index (χ0v) is 18.6. The van der Waals surface area contributed by atoms with Crippen LogP contribution in [0.3, 0.4) is 0 Å². The van der Waals surface area contributed by atoms with Crippen LogP contribution in [0.1, 0.15) is 30.2 Å². The van der Waals surface area contributed by atoms with Gasteiger partial charge in [-0.15, -0.1) is 11.3 Å². The quantitative estimate of drug-likeness (QED) is 0.425. The van der Waals surface area contributed by atoms with Gasteiger partial charge in [-0.1, -0.05) is 30.4 Å². The summed E-state index contributed by atoms with van der Waals surface area (Å²) in [6.07, 6.45) is 5.29. The minimum Gasteiger partial charge on any atom is -0.342 e. The Balaban J connectivity index is 1.58. The van der Waals surface area contributed by atoms with E-state index in [0.717, 1.165) is 66.4 Å². The lowest BCUT2D eigenvalue weighted by Crippen LogP contribution is -2.38. The van der Waals surface area contributed by atoms with Crippen LogP contribution in [-0.2, 0) is 17.8 Å². The highest BCUT2D eigenvalue weighted by Gasteiger charge is 2.25. The van der Waals surface area contributed by atoms with Gasteiger partial charge >= 0.3 is 0 Å². The Morgan fingerprint density at radius 3 is 2.78 bits per heavy atom. The number of rotatable bonds is 4. The largest absolute Gasteiger partial charge is 0.342 e. The first kappa shape index (κ1) is 19.5. The molecule has 0 aromatic carbocycles. The average molecular weight is 423 g/mol. The Hall–Kier alpha value is -0.830. The number of hydrogen-bond donors (Lipinski definition) is 0. The van der Waals surface area contributed by atoms with E-state index in [9.17, 15) is 4.79 Å². The van der Waals surface area contributed by atoms with E-state index >= 15 is 0 Å². The number of carbonyl (C=O) groups excluding carboxylic acids is 1. The van der Waals surface area contributed by atoms with E-state index in [1.54, 1.807) is 34.9 Å². The number of nitrogens with zero attached hydrogens (tertiary/aromatic N) is 4. The number of fused-ring (bicyclic) bond motifs is 3. The Labute approximate surface area is 173 Å². The third-order valence-corrected chi connectivity index (χ3v) is 8.11. The molecular formula is C19H26N4OS3. The summed E-state index contributed by atoms with van der Waals surface area (Å²) >= 11 is 4.96. The van der Waals surface area contributed by atoms with Crippen molar-refractivity contribution in [2.45, 2.75) is 42.9 Å². The van der Waals surface area contributed by atoms with Crippen LogP contribution in [0.25, 0.3) is 10.2 Å². The second-order valence-electron chi connectivity index (χ2n) is 7.54. The van der Waals surface area contributed by atoms with Gasteiger partial charge in [-0.25, -0.2) is 9.97 Å². The minimum absolute atomic E-state index is 0.244. The zero-order chi connectivity index (χ0) is 19.0. The molecule has 0 spiro atoms. The molecule has 27 heavy (non-hydrogen) atoms. The van der Waals surface area contributed by atoms with Crippen molar-refractivity contribution in [3.05, 3.63) is 10.4 Å². The van der Waals surface area contributed by atoms with Gasteiger partial charge < -0.3 is 9.80 Å². The highest BCUT2D eigenvalue weighted by atomic mass is 32.2. The summed E-state index contributed by atoms with van der Waals surface area (Å²) in [5, 5.41) is 2.99. The molecule has 0 unspecified atom stereocenters. The number of aromatic nitrogens is 2. The summed E-state index contributed by atoms with van der Waals surface area (Å²) in [6.45, 7) is 6.12. The van der Waals surface area contributed by atoms with Gasteiger partial charge in [0.2, 0.25) is 5.91 Å². The fourth-order valence-corrected chi connectivity index (χ4v) is 6.55. The van der Waals surface area contributed by atoms with Gasteiger partial charge in [0.1, 0.15) is 9.86 Å². The van der Waals surface area contributed by atoms with Gasteiger partial charge in [0.15, 0.2) is 5.16 Å². The fraction of sp³-hybridized carbons (Fsp3) is 0.632. The molecule has 5 nitrogen and oxygen atoms in total. The highest BCUT2D eigenvalue weighted by molar-refractivity contribution is 8.00. The van der Waals surface area contributed by atoms with Gasteiger partial charge in [-0.05, 0) is 44.0 Å². The molecule has 0 aliphatic carbocycles. The molecule has 1 amide bonds. The molecule has 146 valence electrons. The first-order chi connectivity index (χ1) is 13.0. The van der Waals surface area contributed by atoms with Crippen LogP contribution in [-0.4, -0.2) is 64.4 Å². The van der Waals surface area contributed by atoms with Crippen molar-refractivity contribution in [2.75, 3.05) is 38.7 Å². The maximum Gasteiger partial charge on any atom is 0.232 e. The number of thioether (sulfide) groups is 2. The SMILES string of the molecule is CSc1nc(SCC(=O)N2CCC(C)CC2)c2c3c(sc2n1)CN(C)CC3. The van der Waals surface area contributed by atoms with Crippen LogP contribution >= 0.6 is 34.9 Å². The van der Waals surface area contributed by atoms with Crippen LogP contribution in [0.4, 0.5) is 0 Å². The van der Waals surface area contributed by atoms with Crippen molar-refractivity contribution in [3.8, 4) is 0 Å². The molecule has 0 bridgehead atoms. The van der Waals surface area contributed by atoms with Crippen molar-refractivity contribution in [1.29, 1.82) is 0 Å². The highest BCUT2D eigenvalue weighted by Crippen LogP contribution is 2.39. The topological polar surface area (TPSA) is 49.3 Å². The third-order valence-electron chi connectivity index (χ3n) is 5.49. The molecule has 2 aromatic rings. The van der Waals surface area contributed by atoms with Crippen molar-refractivity contribution < 1.29 is 4.79 Å². The number of carbonyl (C=O) groups is 1. The predicted octanol–water partition coefficient (Wildman–Crippen LogP) is 3.75. The van der Waals surface area contributed by atoms with Crippen molar-refractivity contribution in [3.63, 3.8) is 0 Å². The van der Waals surface area contributed by atoms with Gasteiger partial charge in [0, 0.05) is 36.4 Å². The van der Waals surface area contributed by atoms with Crippen LogP contribution < -0.4 is 0 Å². The number of likely N-dealkylation sites (N-methyl/N-ethyl adjacent to an activating group) is 1. The Morgan fingerprint density at radius 2 is 2.04 bits per heavy atom. The Kier molecular flexibility index (Phi) is 5.97. The molecule has 2 aliphatic rings. The van der Waals surface area contributed by atoms with E-state index in [4.69, 9.17) is 9.97 Å². The first-order valence-corrected chi connectivity index (χ1v) is 12.5. The Morgan fingerprint density at radius 1 is 1.26 bits per heavy atom. The molecule has 1 fully saturated rings. The second-order valence-corrected chi connectivity index (χ2v) is 10.4. The van der Waals surface area contributed by atoms with Crippen molar-refractivity contribution in [2.24, 2.45) is 5.92 Å². The zero-order valence-electron chi connectivity index (χ0n) is 16.2. The van der Waals surface area contributed by atoms with E-state index in [1.165, 1.54) is 15.8 Å². The predicted molar refractivity (Wildman–Crippen MR) is 115 cm³/mol. The molecule has 2 aliphatic heterocycles. The third kappa shape index (κ3) is 4.13. The molecule has 1 saturated heterocycles. The van der Waals surface area contributed by atoms with Gasteiger partial charge in [-0.2, -0.15) is 0 Å². The van der Waals surface area contributed by atoms with E-state index in [-0.39, 0.29) is 5.91 Å². The van der Waals surface area contributed by atoms with Crippen molar-refractivity contribution in [1.82, 2.24) is 19.8 Å². The average Bonchev–Trinajstić information content (AvgIpc) is 3.03. The maximum atomic E-state index is 12.7. The Bertz CT molecular complexity index is 845. The first-order valence-electron chi connectivity index (χ1n) is 9.50. The smallest absolute Gasteiger partial charge is 0.232 e. The van der Waals surface area contributed by atoms with Crippen molar-refractivity contribution >= 4 is 51.0 Å². The molecule has 0 N–H and O–H groups in total.